The number of halogens is 2. The quantitative estimate of drug-likeness (QED) is 0.123. The molecule has 2 aliphatic rings. The molecular weight excluding hydrogens is 739 g/mol. The van der Waals surface area contributed by atoms with Gasteiger partial charge in [0.2, 0.25) is 0 Å². The zero-order valence-electron chi connectivity index (χ0n) is 32.1. The Morgan fingerprint density at radius 3 is 1.12 bits per heavy atom. The minimum absolute atomic E-state index is 0.233. The lowest BCUT2D eigenvalue weighted by Gasteiger charge is -2.31. The van der Waals surface area contributed by atoms with Gasteiger partial charge >= 0.3 is 0 Å². The molecule has 2 aliphatic carbocycles. The molecule has 0 unspecified atom stereocenters. The predicted octanol–water partition coefficient (Wildman–Crippen LogP) is 16.2. The first kappa shape index (κ1) is 33.2. The lowest BCUT2D eigenvalue weighted by Crippen LogP contribution is -2.12. The van der Waals surface area contributed by atoms with Gasteiger partial charge in [-0.3, -0.25) is 0 Å². The number of rotatable bonds is 6. The lowest BCUT2D eigenvalue weighted by atomic mass is 9.84. The summed E-state index contributed by atoms with van der Waals surface area (Å²) < 4.78 is 32.7. The van der Waals surface area contributed by atoms with Gasteiger partial charge in [0.05, 0.1) is 11.4 Å². The summed E-state index contributed by atoms with van der Waals surface area (Å²) >= 11 is 0. The average Bonchev–Trinajstić information content (AvgIpc) is 3.81. The smallest absolute Gasteiger partial charge is 0.131 e. The van der Waals surface area contributed by atoms with Crippen molar-refractivity contribution < 1.29 is 8.78 Å². The van der Waals surface area contributed by atoms with Crippen molar-refractivity contribution in [1.82, 2.24) is 0 Å². The lowest BCUT2D eigenvalue weighted by molar-refractivity contribution is 0.632. The summed E-state index contributed by atoms with van der Waals surface area (Å²) in [5, 5.41) is 8.48. The van der Waals surface area contributed by atoms with E-state index in [4.69, 9.17) is 0 Å². The fourth-order valence-corrected chi connectivity index (χ4v) is 10.5. The Morgan fingerprint density at radius 1 is 0.267 bits per heavy atom. The summed E-state index contributed by atoms with van der Waals surface area (Å²) in [6.45, 7) is 0. The van der Waals surface area contributed by atoms with Gasteiger partial charge in [-0.1, -0.05) is 121 Å². The Bertz CT molecular complexity index is 3450. The molecule has 0 aromatic heterocycles. The Labute approximate surface area is 344 Å². The molecule has 0 N–H and O–H groups in total. The summed E-state index contributed by atoms with van der Waals surface area (Å²) in [4.78, 5) is 4.65. The fraction of sp³-hybridized carbons (Fsp3) is 0. The molecule has 0 amide bonds. The van der Waals surface area contributed by atoms with Crippen molar-refractivity contribution in [2.75, 3.05) is 9.80 Å². The number of fused-ring (bicyclic) bond motifs is 8. The maximum Gasteiger partial charge on any atom is 0.131 e. The van der Waals surface area contributed by atoms with Crippen LogP contribution in [0.3, 0.4) is 0 Å². The van der Waals surface area contributed by atoms with Gasteiger partial charge in [0.1, 0.15) is 11.6 Å². The molecule has 0 heterocycles. The second-order valence-electron chi connectivity index (χ2n) is 15.8. The Morgan fingerprint density at radius 2 is 0.650 bits per heavy atom. The fourth-order valence-electron chi connectivity index (χ4n) is 10.5. The minimum Gasteiger partial charge on any atom is -0.310 e. The van der Waals surface area contributed by atoms with E-state index in [-0.39, 0.29) is 11.6 Å². The van der Waals surface area contributed by atoms with Crippen LogP contribution >= 0.6 is 0 Å². The highest BCUT2D eigenvalue weighted by Gasteiger charge is 2.35. The Kier molecular flexibility index (Phi) is 6.83. The molecule has 4 heteroatoms. The number of benzene rings is 11. The van der Waals surface area contributed by atoms with Gasteiger partial charge in [0.15, 0.2) is 0 Å². The van der Waals surface area contributed by atoms with E-state index in [1.807, 2.05) is 42.5 Å². The van der Waals surface area contributed by atoms with Crippen molar-refractivity contribution >= 4 is 77.2 Å². The largest absolute Gasteiger partial charge is 0.310 e. The monoisotopic (exact) mass is 770 g/mol. The third-order valence-electron chi connectivity index (χ3n) is 12.7. The molecule has 0 fully saturated rings. The number of nitrogens with zero attached hydrogens (tertiary/aromatic N) is 2. The first-order valence-corrected chi connectivity index (χ1v) is 20.3. The standard InChI is InChI=1S/C56H32F2N2/c57-45-25-14-24-38-43-31-47(59(33-15-5-1-6-16-33)34-17-7-2-8-18-34)53-41-28-27-39-37-23-13-26-46(58)50(37)44-32-48(60(35-19-9-3-10-20-35)36-21-11-4-12-22-36)54(55(41)51(39)44)42-30-29-40(49(38)45)52(43)56(42)53/h1-32H. The van der Waals surface area contributed by atoms with E-state index in [1.54, 1.807) is 12.1 Å². The van der Waals surface area contributed by atoms with Gasteiger partial charge in [-0.2, -0.15) is 0 Å². The first-order chi connectivity index (χ1) is 29.7. The van der Waals surface area contributed by atoms with E-state index < -0.39 is 0 Å². The van der Waals surface area contributed by atoms with Crippen molar-refractivity contribution in [3.8, 4) is 44.5 Å². The van der Waals surface area contributed by atoms with Crippen LogP contribution in [0.25, 0.3) is 87.6 Å². The number of hydrogen-bond donors (Lipinski definition) is 0. The molecule has 2 nitrogen and oxygen atoms in total. The van der Waals surface area contributed by atoms with E-state index >= 15 is 8.78 Å². The summed E-state index contributed by atoms with van der Waals surface area (Å²) in [7, 11) is 0. The topological polar surface area (TPSA) is 6.48 Å². The van der Waals surface area contributed by atoms with Crippen molar-refractivity contribution in [3.63, 3.8) is 0 Å². The van der Waals surface area contributed by atoms with Crippen LogP contribution in [0.4, 0.5) is 42.9 Å². The molecular formula is C56H32F2N2. The molecule has 280 valence electrons. The molecule has 13 rings (SSSR count). The highest BCUT2D eigenvalue weighted by molar-refractivity contribution is 6.44. The summed E-state index contributed by atoms with van der Waals surface area (Å²) in [5.74, 6) is -0.473. The SMILES string of the molecule is Fc1cccc2c1-c1ccc3c4c(N(c5ccccc5)c5ccccc5)cc5c6c(ccc(c7c(N(c8ccccc8)c8ccccc8)cc-2c1c37)c64)-c1cccc(F)c1-5. The predicted molar refractivity (Wildman–Crippen MR) is 246 cm³/mol. The second kappa shape index (κ2) is 12.3. The Hall–Kier alpha value is -7.82. The number of hydrogen-bond acceptors (Lipinski definition) is 2. The van der Waals surface area contributed by atoms with Crippen molar-refractivity contribution in [1.29, 1.82) is 0 Å². The highest BCUT2D eigenvalue weighted by atomic mass is 19.1. The van der Waals surface area contributed by atoms with Crippen LogP contribution in [0.2, 0.25) is 0 Å². The molecule has 0 bridgehead atoms. The average molecular weight is 771 g/mol. The molecule has 0 saturated carbocycles. The van der Waals surface area contributed by atoms with Crippen LogP contribution in [0, 0.1) is 11.6 Å². The molecule has 11 aromatic carbocycles. The van der Waals surface area contributed by atoms with E-state index in [0.717, 1.165) is 111 Å². The van der Waals surface area contributed by atoms with Gasteiger partial charge < -0.3 is 9.80 Å². The molecule has 0 radical (unpaired) electrons. The molecule has 0 saturated heterocycles. The number of anilines is 6. The van der Waals surface area contributed by atoms with Gasteiger partial charge in [0.25, 0.3) is 0 Å². The summed E-state index contributed by atoms with van der Waals surface area (Å²) in [6, 6.07) is 65.9. The van der Waals surface area contributed by atoms with E-state index in [2.05, 4.69) is 149 Å². The van der Waals surface area contributed by atoms with Crippen LogP contribution in [-0.2, 0) is 0 Å². The third-order valence-corrected chi connectivity index (χ3v) is 12.7. The molecule has 60 heavy (non-hydrogen) atoms. The molecule has 0 atom stereocenters. The van der Waals surface area contributed by atoms with Crippen molar-refractivity contribution in [2.45, 2.75) is 0 Å². The number of para-hydroxylation sites is 4. The Balaban J connectivity index is 1.30. The third kappa shape index (κ3) is 4.39. The van der Waals surface area contributed by atoms with Crippen LogP contribution < -0.4 is 9.80 Å². The van der Waals surface area contributed by atoms with Crippen LogP contribution in [0.1, 0.15) is 0 Å². The zero-order chi connectivity index (χ0) is 39.6. The van der Waals surface area contributed by atoms with Gasteiger partial charge in [-0.15, -0.1) is 0 Å². The zero-order valence-corrected chi connectivity index (χ0v) is 32.1. The highest BCUT2D eigenvalue weighted by Crippen LogP contribution is 2.61. The molecule has 11 aromatic rings. The maximum absolute atomic E-state index is 16.4. The van der Waals surface area contributed by atoms with Crippen LogP contribution in [0.5, 0.6) is 0 Å². The van der Waals surface area contributed by atoms with E-state index in [9.17, 15) is 0 Å². The van der Waals surface area contributed by atoms with Gasteiger partial charge in [0, 0.05) is 55.4 Å². The van der Waals surface area contributed by atoms with E-state index in [0.29, 0.717) is 11.1 Å². The van der Waals surface area contributed by atoms with E-state index in [1.165, 1.54) is 0 Å². The van der Waals surface area contributed by atoms with Crippen LogP contribution in [0.15, 0.2) is 194 Å². The summed E-state index contributed by atoms with van der Waals surface area (Å²) in [5.41, 5.74) is 12.8. The molecule has 0 aliphatic heterocycles. The minimum atomic E-state index is -0.240. The summed E-state index contributed by atoms with van der Waals surface area (Å²) in [6.07, 6.45) is 0. The van der Waals surface area contributed by atoms with Crippen molar-refractivity contribution in [3.05, 3.63) is 206 Å². The molecule has 0 spiro atoms. The maximum atomic E-state index is 16.4. The van der Waals surface area contributed by atoms with Crippen LogP contribution in [-0.4, -0.2) is 0 Å². The van der Waals surface area contributed by atoms with Gasteiger partial charge in [-0.05, 0) is 128 Å². The first-order valence-electron chi connectivity index (χ1n) is 20.3. The second-order valence-corrected chi connectivity index (χ2v) is 15.8. The normalized spacial score (nSPS) is 12.2. The van der Waals surface area contributed by atoms with Crippen molar-refractivity contribution in [2.24, 2.45) is 0 Å². The van der Waals surface area contributed by atoms with Gasteiger partial charge in [-0.25, -0.2) is 8.78 Å².